The van der Waals surface area contributed by atoms with Crippen LogP contribution in [0.25, 0.3) is 0 Å². The molecule has 1 saturated heterocycles. The molecule has 0 radical (unpaired) electrons. The lowest BCUT2D eigenvalue weighted by molar-refractivity contribution is -0.326. The summed E-state index contributed by atoms with van der Waals surface area (Å²) in [5.41, 5.74) is 0. The molecule has 0 saturated carbocycles. The van der Waals surface area contributed by atoms with Crippen LogP contribution in [0, 0.1) is 0 Å². The summed E-state index contributed by atoms with van der Waals surface area (Å²) >= 11 is 0. The van der Waals surface area contributed by atoms with E-state index >= 15 is 0 Å². The maximum Gasteiger partial charge on any atom is 0.251 e. The van der Waals surface area contributed by atoms with Gasteiger partial charge >= 0.3 is 0 Å². The van der Waals surface area contributed by atoms with E-state index in [0.717, 1.165) is 19.3 Å². The fourth-order valence-electron chi connectivity index (χ4n) is 4.98. The van der Waals surface area contributed by atoms with Crippen molar-refractivity contribution in [3.63, 3.8) is 0 Å². The number of hydrogen-bond acceptors (Lipinski definition) is 11. The van der Waals surface area contributed by atoms with Crippen LogP contribution in [0.4, 0.5) is 0 Å². The lowest BCUT2D eigenvalue weighted by atomic mass is 9.98. The minimum atomic E-state index is -2.04. The standard InChI is InChI=1S/C29H57NO11/c1-2-3-4-5-6-7-8-9-10-11-12-13-14-15-16-17-30-28(39)25(37)24(36)27(20(33)18-31)41-29-26(38)23(35)22(34)21(19-32)40-29/h20-27,29,31-38H,2-19H2,1H3,(H,30,39)/t20-,21-,22+,23+,24+,25-,26-,27-,29+/m1/s1. The number of aliphatic hydroxyl groups excluding tert-OH is 8. The highest BCUT2D eigenvalue weighted by atomic mass is 16.7. The van der Waals surface area contributed by atoms with Gasteiger partial charge in [0.15, 0.2) is 12.4 Å². The van der Waals surface area contributed by atoms with Gasteiger partial charge in [0.1, 0.15) is 42.7 Å². The number of nitrogens with one attached hydrogen (secondary N) is 1. The van der Waals surface area contributed by atoms with E-state index in [1.807, 2.05) is 0 Å². The molecule has 0 spiro atoms. The molecule has 41 heavy (non-hydrogen) atoms. The molecule has 1 heterocycles. The molecule has 9 atom stereocenters. The molecule has 0 unspecified atom stereocenters. The summed E-state index contributed by atoms with van der Waals surface area (Å²) < 4.78 is 10.5. The second-order valence-corrected chi connectivity index (χ2v) is 11.2. The van der Waals surface area contributed by atoms with Gasteiger partial charge in [-0.15, -0.1) is 0 Å². The Labute approximate surface area is 244 Å². The van der Waals surface area contributed by atoms with Crippen LogP contribution in [-0.4, -0.2) is 122 Å². The summed E-state index contributed by atoms with van der Waals surface area (Å²) in [5, 5.41) is 82.2. The van der Waals surface area contributed by atoms with E-state index in [-0.39, 0.29) is 6.54 Å². The average Bonchev–Trinajstić information content (AvgIpc) is 2.98. The minimum absolute atomic E-state index is 0.279. The summed E-state index contributed by atoms with van der Waals surface area (Å²) in [6.07, 6.45) is 2.13. The quantitative estimate of drug-likeness (QED) is 0.0690. The van der Waals surface area contributed by atoms with Crippen LogP contribution in [0.1, 0.15) is 103 Å². The van der Waals surface area contributed by atoms with Crippen molar-refractivity contribution in [2.24, 2.45) is 0 Å². The van der Waals surface area contributed by atoms with Gasteiger partial charge in [-0.1, -0.05) is 96.8 Å². The first kappa shape index (κ1) is 38.1. The van der Waals surface area contributed by atoms with Crippen molar-refractivity contribution in [2.45, 2.75) is 158 Å². The first-order valence-corrected chi connectivity index (χ1v) is 15.6. The third-order valence-electron chi connectivity index (χ3n) is 7.71. The molecule has 1 amide bonds. The molecule has 0 aliphatic carbocycles. The van der Waals surface area contributed by atoms with Crippen molar-refractivity contribution < 1.29 is 55.1 Å². The summed E-state index contributed by atoms with van der Waals surface area (Å²) in [6, 6.07) is 0. The Balaban J connectivity index is 2.28. The topological polar surface area (TPSA) is 209 Å². The Bertz CT molecular complexity index is 656. The zero-order valence-electron chi connectivity index (χ0n) is 24.7. The average molecular weight is 596 g/mol. The number of unbranched alkanes of at least 4 members (excludes halogenated alkanes) is 14. The lowest BCUT2D eigenvalue weighted by Gasteiger charge is -2.42. The van der Waals surface area contributed by atoms with Gasteiger partial charge in [0.05, 0.1) is 13.2 Å². The van der Waals surface area contributed by atoms with Gasteiger partial charge < -0.3 is 55.6 Å². The van der Waals surface area contributed by atoms with Crippen molar-refractivity contribution in [1.82, 2.24) is 5.32 Å². The van der Waals surface area contributed by atoms with E-state index in [2.05, 4.69) is 12.2 Å². The second-order valence-electron chi connectivity index (χ2n) is 11.2. The van der Waals surface area contributed by atoms with Crippen LogP contribution >= 0.6 is 0 Å². The molecule has 12 nitrogen and oxygen atoms in total. The fraction of sp³-hybridized carbons (Fsp3) is 0.966. The predicted octanol–water partition coefficient (Wildman–Crippen LogP) is 0.234. The van der Waals surface area contributed by atoms with Gasteiger partial charge in [0.25, 0.3) is 5.91 Å². The molecule has 12 heteroatoms. The van der Waals surface area contributed by atoms with Gasteiger partial charge in [-0.3, -0.25) is 4.79 Å². The third kappa shape index (κ3) is 14.4. The van der Waals surface area contributed by atoms with Crippen molar-refractivity contribution >= 4 is 5.91 Å². The van der Waals surface area contributed by atoms with Gasteiger partial charge in [0, 0.05) is 6.54 Å². The molecular weight excluding hydrogens is 538 g/mol. The number of aliphatic hydroxyl groups is 8. The Morgan fingerprint density at radius 2 is 1.24 bits per heavy atom. The van der Waals surface area contributed by atoms with E-state index < -0.39 is 74.2 Å². The summed E-state index contributed by atoms with van der Waals surface area (Å²) in [4.78, 5) is 12.4. The Morgan fingerprint density at radius 3 is 1.71 bits per heavy atom. The number of rotatable bonds is 24. The minimum Gasteiger partial charge on any atom is -0.394 e. The van der Waals surface area contributed by atoms with Crippen LogP contribution in [0.5, 0.6) is 0 Å². The Morgan fingerprint density at radius 1 is 0.756 bits per heavy atom. The number of hydrogen-bond donors (Lipinski definition) is 9. The zero-order valence-corrected chi connectivity index (χ0v) is 24.7. The molecule has 9 N–H and O–H groups in total. The van der Waals surface area contributed by atoms with Crippen LogP contribution in [-0.2, 0) is 14.3 Å². The van der Waals surface area contributed by atoms with E-state index in [0.29, 0.717) is 6.42 Å². The molecule has 244 valence electrons. The molecule has 1 aliphatic rings. The first-order chi connectivity index (χ1) is 19.7. The maximum atomic E-state index is 12.4. The van der Waals surface area contributed by atoms with Crippen LogP contribution in [0.2, 0.25) is 0 Å². The fourth-order valence-corrected chi connectivity index (χ4v) is 4.98. The highest BCUT2D eigenvalue weighted by molar-refractivity contribution is 5.81. The Kier molecular flexibility index (Phi) is 21.0. The van der Waals surface area contributed by atoms with Crippen molar-refractivity contribution in [3.8, 4) is 0 Å². The monoisotopic (exact) mass is 595 g/mol. The maximum absolute atomic E-state index is 12.4. The number of carbonyl (C=O) groups is 1. The highest BCUT2D eigenvalue weighted by Gasteiger charge is 2.47. The molecule has 1 rings (SSSR count). The van der Waals surface area contributed by atoms with Gasteiger partial charge in [-0.25, -0.2) is 0 Å². The van der Waals surface area contributed by atoms with Crippen molar-refractivity contribution in [3.05, 3.63) is 0 Å². The van der Waals surface area contributed by atoms with E-state index in [9.17, 15) is 45.6 Å². The predicted molar refractivity (Wildman–Crippen MR) is 152 cm³/mol. The summed E-state index contributed by atoms with van der Waals surface area (Å²) in [5.74, 6) is -0.907. The van der Waals surface area contributed by atoms with Gasteiger partial charge in [-0.05, 0) is 6.42 Å². The van der Waals surface area contributed by atoms with E-state index in [1.165, 1.54) is 70.6 Å². The third-order valence-corrected chi connectivity index (χ3v) is 7.71. The zero-order chi connectivity index (χ0) is 30.6. The lowest BCUT2D eigenvalue weighted by Crippen LogP contribution is -2.62. The van der Waals surface area contributed by atoms with E-state index in [1.54, 1.807) is 0 Å². The summed E-state index contributed by atoms with van der Waals surface area (Å²) in [6.45, 7) is 0.860. The van der Waals surface area contributed by atoms with E-state index in [4.69, 9.17) is 9.47 Å². The highest BCUT2D eigenvalue weighted by Crippen LogP contribution is 2.25. The number of ether oxygens (including phenoxy) is 2. The first-order valence-electron chi connectivity index (χ1n) is 15.6. The molecule has 0 aromatic carbocycles. The molecule has 0 aromatic rings. The smallest absolute Gasteiger partial charge is 0.251 e. The molecule has 1 fully saturated rings. The summed E-state index contributed by atoms with van der Waals surface area (Å²) in [7, 11) is 0. The van der Waals surface area contributed by atoms with Crippen LogP contribution in [0.15, 0.2) is 0 Å². The molecular formula is C29H57NO11. The number of carbonyl (C=O) groups excluding carboxylic acids is 1. The van der Waals surface area contributed by atoms with Gasteiger partial charge in [-0.2, -0.15) is 0 Å². The van der Waals surface area contributed by atoms with Gasteiger partial charge in [0.2, 0.25) is 0 Å². The molecule has 0 aromatic heterocycles. The second kappa shape index (κ2) is 22.6. The van der Waals surface area contributed by atoms with Crippen LogP contribution < -0.4 is 5.32 Å². The van der Waals surface area contributed by atoms with Crippen molar-refractivity contribution in [2.75, 3.05) is 19.8 Å². The molecule has 1 aliphatic heterocycles. The van der Waals surface area contributed by atoms with Crippen LogP contribution in [0.3, 0.4) is 0 Å². The van der Waals surface area contributed by atoms with Crippen molar-refractivity contribution in [1.29, 1.82) is 0 Å². The number of amides is 1. The SMILES string of the molecule is CCCCCCCCCCCCCCCCCNC(=O)[C@H](O)[C@H](O)[C@H](O[C@@H]1O[C@H](CO)[C@H](O)[C@H](O)[C@H]1O)[C@H](O)CO. The Hall–Kier alpha value is -0.930. The largest absolute Gasteiger partial charge is 0.394 e. The normalized spacial score (nSPS) is 25.9. The molecule has 0 bridgehead atoms.